The van der Waals surface area contributed by atoms with Gasteiger partial charge in [-0.25, -0.2) is 0 Å². The molecule has 0 radical (unpaired) electrons. The first-order valence-corrected chi connectivity index (χ1v) is 7.85. The van der Waals surface area contributed by atoms with Gasteiger partial charge in [0, 0.05) is 18.5 Å². The molecule has 1 aliphatic heterocycles. The van der Waals surface area contributed by atoms with Crippen LogP contribution in [0.1, 0.15) is 57.8 Å². The normalized spacial score (nSPS) is 36.6. The SMILES string of the molecule is O=C(CC1CCCN1)NC1CC1C1CCCCC1. The van der Waals surface area contributed by atoms with E-state index in [4.69, 9.17) is 0 Å². The highest BCUT2D eigenvalue weighted by Gasteiger charge is 2.43. The van der Waals surface area contributed by atoms with Crippen molar-refractivity contribution in [1.29, 1.82) is 0 Å². The van der Waals surface area contributed by atoms with Gasteiger partial charge in [0.2, 0.25) is 5.91 Å². The fraction of sp³-hybridized carbons (Fsp3) is 0.933. The lowest BCUT2D eigenvalue weighted by Gasteiger charge is -2.21. The van der Waals surface area contributed by atoms with Gasteiger partial charge in [-0.2, -0.15) is 0 Å². The molecule has 0 bridgehead atoms. The molecular formula is C15H26N2O. The Balaban J connectivity index is 1.37. The topological polar surface area (TPSA) is 41.1 Å². The largest absolute Gasteiger partial charge is 0.353 e. The van der Waals surface area contributed by atoms with Crippen molar-refractivity contribution < 1.29 is 4.79 Å². The Hall–Kier alpha value is -0.570. The molecule has 0 aromatic heterocycles. The smallest absolute Gasteiger partial charge is 0.221 e. The van der Waals surface area contributed by atoms with Gasteiger partial charge in [-0.05, 0) is 37.6 Å². The fourth-order valence-corrected chi connectivity index (χ4v) is 3.88. The minimum atomic E-state index is 0.276. The average Bonchev–Trinajstić information content (AvgIpc) is 2.95. The van der Waals surface area contributed by atoms with E-state index in [9.17, 15) is 4.79 Å². The molecule has 2 saturated carbocycles. The van der Waals surface area contributed by atoms with Crippen LogP contribution < -0.4 is 10.6 Å². The van der Waals surface area contributed by atoms with E-state index in [0.717, 1.165) is 18.4 Å². The molecule has 1 saturated heterocycles. The molecule has 2 N–H and O–H groups in total. The highest BCUT2D eigenvalue weighted by molar-refractivity contribution is 5.77. The Labute approximate surface area is 110 Å². The molecule has 3 nitrogen and oxygen atoms in total. The van der Waals surface area contributed by atoms with Crippen molar-refractivity contribution in [1.82, 2.24) is 10.6 Å². The van der Waals surface area contributed by atoms with Crippen molar-refractivity contribution >= 4 is 5.91 Å². The van der Waals surface area contributed by atoms with Gasteiger partial charge in [0.15, 0.2) is 0 Å². The van der Waals surface area contributed by atoms with Crippen LogP contribution in [0.5, 0.6) is 0 Å². The van der Waals surface area contributed by atoms with Crippen molar-refractivity contribution in [3.05, 3.63) is 0 Å². The molecule has 0 aromatic carbocycles. The van der Waals surface area contributed by atoms with Gasteiger partial charge in [-0.1, -0.05) is 32.1 Å². The van der Waals surface area contributed by atoms with Gasteiger partial charge in [0.1, 0.15) is 0 Å². The molecule has 3 fully saturated rings. The van der Waals surface area contributed by atoms with Gasteiger partial charge >= 0.3 is 0 Å². The van der Waals surface area contributed by atoms with Crippen LogP contribution >= 0.6 is 0 Å². The van der Waals surface area contributed by atoms with Gasteiger partial charge < -0.3 is 10.6 Å². The lowest BCUT2D eigenvalue weighted by Crippen LogP contribution is -2.34. The number of hydrogen-bond donors (Lipinski definition) is 2. The van der Waals surface area contributed by atoms with E-state index >= 15 is 0 Å². The summed E-state index contributed by atoms with van der Waals surface area (Å²) in [4.78, 5) is 11.9. The van der Waals surface area contributed by atoms with Crippen molar-refractivity contribution in [3.8, 4) is 0 Å². The molecule has 3 atom stereocenters. The molecule has 1 heterocycles. The van der Waals surface area contributed by atoms with E-state index in [2.05, 4.69) is 10.6 Å². The first-order chi connectivity index (χ1) is 8.83. The van der Waals surface area contributed by atoms with Crippen LogP contribution in [0.3, 0.4) is 0 Å². The summed E-state index contributed by atoms with van der Waals surface area (Å²) in [6, 6.07) is 0.957. The first-order valence-electron chi connectivity index (χ1n) is 7.85. The summed E-state index contributed by atoms with van der Waals surface area (Å²) in [7, 11) is 0. The molecule has 1 amide bonds. The summed E-state index contributed by atoms with van der Waals surface area (Å²) in [6.45, 7) is 1.09. The molecule has 2 aliphatic carbocycles. The van der Waals surface area contributed by atoms with Crippen molar-refractivity contribution in [3.63, 3.8) is 0 Å². The van der Waals surface area contributed by atoms with Crippen LogP contribution in [0.15, 0.2) is 0 Å². The number of carbonyl (C=O) groups is 1. The zero-order valence-corrected chi connectivity index (χ0v) is 11.3. The minimum Gasteiger partial charge on any atom is -0.353 e. The molecular weight excluding hydrogens is 224 g/mol. The van der Waals surface area contributed by atoms with Crippen LogP contribution in [0.25, 0.3) is 0 Å². The number of nitrogens with one attached hydrogen (secondary N) is 2. The van der Waals surface area contributed by atoms with Crippen LogP contribution in [-0.2, 0) is 4.79 Å². The second-order valence-electron chi connectivity index (χ2n) is 6.47. The highest BCUT2D eigenvalue weighted by Crippen LogP contribution is 2.44. The molecule has 102 valence electrons. The van der Waals surface area contributed by atoms with Crippen molar-refractivity contribution in [2.75, 3.05) is 6.54 Å². The Kier molecular flexibility index (Phi) is 3.88. The van der Waals surface area contributed by atoms with E-state index in [0.29, 0.717) is 18.5 Å². The Morgan fingerprint density at radius 1 is 1.11 bits per heavy atom. The van der Waals surface area contributed by atoms with Crippen molar-refractivity contribution in [2.45, 2.75) is 69.9 Å². The maximum absolute atomic E-state index is 11.9. The van der Waals surface area contributed by atoms with E-state index in [1.165, 1.54) is 51.4 Å². The molecule has 0 spiro atoms. The predicted molar refractivity (Wildman–Crippen MR) is 72.3 cm³/mol. The zero-order chi connectivity index (χ0) is 12.4. The van der Waals surface area contributed by atoms with E-state index in [-0.39, 0.29) is 5.91 Å². The maximum Gasteiger partial charge on any atom is 0.221 e. The lowest BCUT2D eigenvalue weighted by atomic mass is 9.85. The van der Waals surface area contributed by atoms with Crippen molar-refractivity contribution in [2.24, 2.45) is 11.8 Å². The van der Waals surface area contributed by atoms with Gasteiger partial charge in [-0.3, -0.25) is 4.79 Å². The summed E-state index contributed by atoms with van der Waals surface area (Å²) in [6.07, 6.45) is 11.4. The summed E-state index contributed by atoms with van der Waals surface area (Å²) in [5, 5.41) is 6.64. The third kappa shape index (κ3) is 3.05. The number of rotatable bonds is 4. The van der Waals surface area contributed by atoms with E-state index < -0.39 is 0 Å². The number of carbonyl (C=O) groups excluding carboxylic acids is 1. The van der Waals surface area contributed by atoms with Crippen LogP contribution in [0.4, 0.5) is 0 Å². The monoisotopic (exact) mass is 250 g/mol. The minimum absolute atomic E-state index is 0.276. The van der Waals surface area contributed by atoms with Gasteiger partial charge in [0.05, 0.1) is 0 Å². The molecule has 3 rings (SSSR count). The lowest BCUT2D eigenvalue weighted by molar-refractivity contribution is -0.121. The molecule has 0 aromatic rings. The summed E-state index contributed by atoms with van der Waals surface area (Å²) >= 11 is 0. The van der Waals surface area contributed by atoms with Crippen LogP contribution in [-0.4, -0.2) is 24.5 Å². The second kappa shape index (κ2) is 5.60. The summed E-state index contributed by atoms with van der Waals surface area (Å²) < 4.78 is 0. The van der Waals surface area contributed by atoms with E-state index in [1.54, 1.807) is 0 Å². The Morgan fingerprint density at radius 2 is 1.94 bits per heavy atom. The van der Waals surface area contributed by atoms with E-state index in [1.807, 2.05) is 0 Å². The molecule has 3 unspecified atom stereocenters. The second-order valence-corrected chi connectivity index (χ2v) is 6.47. The van der Waals surface area contributed by atoms with Gasteiger partial charge in [0.25, 0.3) is 0 Å². The highest BCUT2D eigenvalue weighted by atomic mass is 16.1. The Morgan fingerprint density at radius 3 is 2.67 bits per heavy atom. The van der Waals surface area contributed by atoms with Crippen LogP contribution in [0.2, 0.25) is 0 Å². The molecule has 3 heteroatoms. The van der Waals surface area contributed by atoms with Crippen LogP contribution in [0, 0.1) is 11.8 Å². The average molecular weight is 250 g/mol. The molecule has 3 aliphatic rings. The zero-order valence-electron chi connectivity index (χ0n) is 11.3. The quantitative estimate of drug-likeness (QED) is 0.803. The standard InChI is InChI=1S/C15H26N2O/c18-15(9-12-7-4-8-16-12)17-14-10-13(14)11-5-2-1-3-6-11/h11-14,16H,1-10H2,(H,17,18). The molecule has 18 heavy (non-hydrogen) atoms. The third-order valence-corrected chi connectivity index (χ3v) is 5.04. The number of amides is 1. The maximum atomic E-state index is 11.9. The third-order valence-electron chi connectivity index (χ3n) is 5.04. The first kappa shape index (κ1) is 12.5. The fourth-order valence-electron chi connectivity index (χ4n) is 3.88. The summed E-state index contributed by atoms with van der Waals surface area (Å²) in [5.74, 6) is 2.00. The Bertz CT molecular complexity index is 293. The number of hydrogen-bond acceptors (Lipinski definition) is 2. The predicted octanol–water partition coefficient (Wildman–Crippen LogP) is 2.21. The summed E-state index contributed by atoms with van der Waals surface area (Å²) in [5.41, 5.74) is 0. The van der Waals surface area contributed by atoms with Gasteiger partial charge in [-0.15, -0.1) is 0 Å².